The first-order valence-corrected chi connectivity index (χ1v) is 19.5. The fraction of sp³-hybridized carbons (Fsp3) is 0.0545. The van der Waals surface area contributed by atoms with E-state index in [1.807, 2.05) is 0 Å². The predicted molar refractivity (Wildman–Crippen MR) is 238 cm³/mol. The van der Waals surface area contributed by atoms with E-state index >= 15 is 0 Å². The van der Waals surface area contributed by atoms with Crippen LogP contribution in [-0.4, -0.2) is 0 Å². The Balaban J connectivity index is 1.23. The summed E-state index contributed by atoms with van der Waals surface area (Å²) in [5, 5.41) is 2.52. The van der Waals surface area contributed by atoms with Crippen LogP contribution in [0.5, 0.6) is 0 Å². The van der Waals surface area contributed by atoms with Gasteiger partial charge in [-0.1, -0.05) is 202 Å². The highest BCUT2D eigenvalue weighted by atomic mass is 15.1. The van der Waals surface area contributed by atoms with Crippen molar-refractivity contribution < 1.29 is 0 Å². The van der Waals surface area contributed by atoms with Gasteiger partial charge in [0, 0.05) is 22.1 Å². The zero-order valence-corrected chi connectivity index (χ0v) is 31.7. The summed E-state index contributed by atoms with van der Waals surface area (Å²) in [5.41, 5.74) is 18.3. The van der Waals surface area contributed by atoms with Crippen LogP contribution < -0.4 is 4.90 Å². The highest BCUT2D eigenvalue weighted by Crippen LogP contribution is 2.57. The SMILES string of the molecule is CC1(C)c2cccc(-c3ccccc3)c2-c2cc(N(c3ccc(-c4ccccc4)cc3)c3ccccc3-c3ccc(-c4ccccc4)cc3)c3ccccc3c21. The molecular formula is C55H41N. The maximum Gasteiger partial charge on any atom is 0.0546 e. The predicted octanol–water partition coefficient (Wildman–Crippen LogP) is 15.3. The first-order chi connectivity index (χ1) is 27.6. The molecule has 0 heterocycles. The number of benzene rings is 9. The maximum absolute atomic E-state index is 2.49. The van der Waals surface area contributed by atoms with E-state index < -0.39 is 0 Å². The zero-order valence-electron chi connectivity index (χ0n) is 31.7. The molecule has 0 aromatic heterocycles. The molecule has 0 saturated heterocycles. The van der Waals surface area contributed by atoms with Gasteiger partial charge in [-0.2, -0.15) is 0 Å². The summed E-state index contributed by atoms with van der Waals surface area (Å²) in [6.07, 6.45) is 0. The molecule has 0 aliphatic heterocycles. The van der Waals surface area contributed by atoms with Gasteiger partial charge in [0.25, 0.3) is 0 Å². The fourth-order valence-electron chi connectivity index (χ4n) is 9.00. The quantitative estimate of drug-likeness (QED) is 0.159. The van der Waals surface area contributed by atoms with Crippen LogP contribution in [0.25, 0.3) is 66.4 Å². The van der Waals surface area contributed by atoms with Gasteiger partial charge in [0.1, 0.15) is 0 Å². The Morgan fingerprint density at radius 2 is 0.804 bits per heavy atom. The van der Waals surface area contributed by atoms with Gasteiger partial charge in [0.05, 0.1) is 11.4 Å². The monoisotopic (exact) mass is 715 g/mol. The molecule has 9 aromatic carbocycles. The van der Waals surface area contributed by atoms with E-state index in [1.165, 1.54) is 77.5 Å². The van der Waals surface area contributed by atoms with E-state index in [9.17, 15) is 0 Å². The number of rotatable bonds is 7. The fourth-order valence-corrected chi connectivity index (χ4v) is 9.00. The van der Waals surface area contributed by atoms with E-state index in [0.717, 1.165) is 17.1 Å². The Kier molecular flexibility index (Phi) is 8.23. The highest BCUT2D eigenvalue weighted by molar-refractivity contribution is 6.09. The molecule has 0 saturated carbocycles. The summed E-state index contributed by atoms with van der Waals surface area (Å²) in [5.74, 6) is 0. The van der Waals surface area contributed by atoms with Gasteiger partial charge >= 0.3 is 0 Å². The van der Waals surface area contributed by atoms with Crippen molar-refractivity contribution in [2.45, 2.75) is 19.3 Å². The highest BCUT2D eigenvalue weighted by Gasteiger charge is 2.39. The van der Waals surface area contributed by atoms with Crippen LogP contribution in [0.1, 0.15) is 25.0 Å². The van der Waals surface area contributed by atoms with Crippen molar-refractivity contribution in [3.63, 3.8) is 0 Å². The molecule has 1 nitrogen and oxygen atoms in total. The second-order valence-electron chi connectivity index (χ2n) is 15.3. The standard InChI is InChI=1S/C55H41N/c1-55(2)50-27-16-26-46(42-21-10-5-11-22-42)53(50)49-37-52(47-24-12-13-25-48(47)54(49)55)56(44-35-33-41(34-36-44)39-19-8-4-9-20-39)51-28-15-14-23-45(51)43-31-29-40(30-32-43)38-17-6-3-7-18-38/h3-37H,1-2H3. The van der Waals surface area contributed by atoms with Gasteiger partial charge in [-0.25, -0.2) is 0 Å². The second kappa shape index (κ2) is 13.7. The molecule has 1 aliphatic carbocycles. The molecule has 0 unspecified atom stereocenters. The van der Waals surface area contributed by atoms with E-state index in [4.69, 9.17) is 0 Å². The molecule has 9 aromatic rings. The van der Waals surface area contributed by atoms with Gasteiger partial charge in [-0.3, -0.25) is 0 Å². The van der Waals surface area contributed by atoms with Crippen LogP contribution in [0.4, 0.5) is 17.1 Å². The van der Waals surface area contributed by atoms with E-state index in [2.05, 4.69) is 231 Å². The molecule has 0 atom stereocenters. The maximum atomic E-state index is 2.49. The topological polar surface area (TPSA) is 3.24 Å². The molecule has 0 spiro atoms. The summed E-state index contributed by atoms with van der Waals surface area (Å²) < 4.78 is 0. The Bertz CT molecular complexity index is 2840. The number of hydrogen-bond acceptors (Lipinski definition) is 1. The molecule has 0 bridgehead atoms. The lowest BCUT2D eigenvalue weighted by Crippen LogP contribution is -2.16. The minimum absolute atomic E-state index is 0.186. The average Bonchev–Trinajstić information content (AvgIpc) is 3.51. The molecule has 10 rings (SSSR count). The normalized spacial score (nSPS) is 12.6. The summed E-state index contributed by atoms with van der Waals surface area (Å²) >= 11 is 0. The lowest BCUT2D eigenvalue weighted by Gasteiger charge is -2.31. The molecule has 1 aliphatic rings. The number of anilines is 3. The van der Waals surface area contributed by atoms with Crippen molar-refractivity contribution in [1.82, 2.24) is 0 Å². The third-order valence-electron chi connectivity index (χ3n) is 11.7. The Labute approximate surface area is 329 Å². The van der Waals surface area contributed by atoms with E-state index in [0.29, 0.717) is 0 Å². The Morgan fingerprint density at radius 1 is 0.339 bits per heavy atom. The first kappa shape index (κ1) is 33.6. The van der Waals surface area contributed by atoms with Crippen molar-refractivity contribution in [2.24, 2.45) is 0 Å². The summed E-state index contributed by atoms with van der Waals surface area (Å²) in [4.78, 5) is 2.49. The van der Waals surface area contributed by atoms with Crippen molar-refractivity contribution in [3.05, 3.63) is 223 Å². The van der Waals surface area contributed by atoms with Crippen LogP contribution in [0.15, 0.2) is 212 Å². The third kappa shape index (κ3) is 5.63. The summed E-state index contributed by atoms with van der Waals surface area (Å²) in [7, 11) is 0. The van der Waals surface area contributed by atoms with Crippen molar-refractivity contribution in [1.29, 1.82) is 0 Å². The average molecular weight is 716 g/mol. The van der Waals surface area contributed by atoms with Gasteiger partial charge in [-0.15, -0.1) is 0 Å². The largest absolute Gasteiger partial charge is 0.309 e. The van der Waals surface area contributed by atoms with Gasteiger partial charge < -0.3 is 4.90 Å². The summed E-state index contributed by atoms with van der Waals surface area (Å²) in [6, 6.07) is 77.5. The van der Waals surface area contributed by atoms with Crippen LogP contribution in [-0.2, 0) is 5.41 Å². The lowest BCUT2D eigenvalue weighted by molar-refractivity contribution is 0.666. The second-order valence-corrected chi connectivity index (χ2v) is 15.3. The van der Waals surface area contributed by atoms with Crippen molar-refractivity contribution in [3.8, 4) is 55.6 Å². The molecule has 1 heteroatoms. The molecule has 0 fully saturated rings. The van der Waals surface area contributed by atoms with E-state index in [-0.39, 0.29) is 5.41 Å². The van der Waals surface area contributed by atoms with E-state index in [1.54, 1.807) is 0 Å². The van der Waals surface area contributed by atoms with Crippen LogP contribution in [0.3, 0.4) is 0 Å². The van der Waals surface area contributed by atoms with Gasteiger partial charge in [0.15, 0.2) is 0 Å². The number of hydrogen-bond donors (Lipinski definition) is 0. The number of fused-ring (bicyclic) bond motifs is 5. The Hall–Kier alpha value is -6.96. The van der Waals surface area contributed by atoms with Crippen LogP contribution >= 0.6 is 0 Å². The Morgan fingerprint density at radius 3 is 1.45 bits per heavy atom. The zero-order chi connectivity index (χ0) is 37.6. The molecule has 0 amide bonds. The molecule has 0 radical (unpaired) electrons. The lowest BCUT2D eigenvalue weighted by atomic mass is 9.79. The molecule has 266 valence electrons. The van der Waals surface area contributed by atoms with Gasteiger partial charge in [-0.05, 0) is 90.8 Å². The third-order valence-corrected chi connectivity index (χ3v) is 11.7. The van der Waals surface area contributed by atoms with Crippen molar-refractivity contribution >= 4 is 27.8 Å². The number of nitrogens with zero attached hydrogens (tertiary/aromatic N) is 1. The molecule has 56 heavy (non-hydrogen) atoms. The summed E-state index contributed by atoms with van der Waals surface area (Å²) in [6.45, 7) is 4.79. The molecular weight excluding hydrogens is 675 g/mol. The minimum Gasteiger partial charge on any atom is -0.309 e. The minimum atomic E-state index is -0.186. The van der Waals surface area contributed by atoms with Crippen molar-refractivity contribution in [2.75, 3.05) is 4.90 Å². The van der Waals surface area contributed by atoms with Gasteiger partial charge in [0.2, 0.25) is 0 Å². The first-order valence-electron chi connectivity index (χ1n) is 19.5. The van der Waals surface area contributed by atoms with Crippen LogP contribution in [0.2, 0.25) is 0 Å². The number of para-hydroxylation sites is 1. The van der Waals surface area contributed by atoms with Crippen LogP contribution in [0, 0.1) is 0 Å². The smallest absolute Gasteiger partial charge is 0.0546 e. The molecule has 0 N–H and O–H groups in total.